The van der Waals surface area contributed by atoms with Gasteiger partial charge in [0.2, 0.25) is 0 Å². The van der Waals surface area contributed by atoms with E-state index in [0.717, 1.165) is 25.8 Å². The number of benzene rings is 1. The van der Waals surface area contributed by atoms with Gasteiger partial charge in [-0.05, 0) is 58.6 Å². The van der Waals surface area contributed by atoms with E-state index in [-0.39, 0.29) is 5.56 Å². The lowest BCUT2D eigenvalue weighted by molar-refractivity contribution is 0.143. The summed E-state index contributed by atoms with van der Waals surface area (Å²) in [7, 11) is 0. The highest BCUT2D eigenvalue weighted by atomic mass is 35.5. The van der Waals surface area contributed by atoms with Gasteiger partial charge >= 0.3 is 0 Å². The van der Waals surface area contributed by atoms with Crippen molar-refractivity contribution in [2.24, 2.45) is 5.73 Å². The van der Waals surface area contributed by atoms with Crippen molar-refractivity contribution >= 4 is 29.0 Å². The first-order chi connectivity index (χ1) is 13.6. The quantitative estimate of drug-likeness (QED) is 0.761. The van der Waals surface area contributed by atoms with E-state index < -0.39 is 11.6 Å². The zero-order chi connectivity index (χ0) is 21.3. The predicted octanol–water partition coefficient (Wildman–Crippen LogP) is 3.61. The molecule has 3 N–H and O–H groups in total. The van der Waals surface area contributed by atoms with Crippen LogP contribution in [0.4, 0.5) is 5.82 Å². The average Bonchev–Trinajstić information content (AvgIpc) is 2.82. The molecule has 2 aromatic rings. The van der Waals surface area contributed by atoms with Crippen molar-refractivity contribution < 1.29 is 5.11 Å². The minimum Gasteiger partial charge on any atom is -0.393 e. The number of nitrogens with two attached hydrogens (primary N) is 1. The van der Waals surface area contributed by atoms with Crippen LogP contribution >= 0.6 is 23.2 Å². The van der Waals surface area contributed by atoms with Crippen LogP contribution in [0, 0.1) is 13.8 Å². The van der Waals surface area contributed by atoms with E-state index >= 15 is 0 Å². The molecule has 3 rings (SSSR count). The van der Waals surface area contributed by atoms with Gasteiger partial charge in [-0.3, -0.25) is 9.36 Å². The van der Waals surface area contributed by atoms with Crippen molar-refractivity contribution in [1.29, 1.82) is 0 Å². The summed E-state index contributed by atoms with van der Waals surface area (Å²) in [6.45, 7) is 6.81. The summed E-state index contributed by atoms with van der Waals surface area (Å²) in [5.41, 5.74) is 7.06. The maximum atomic E-state index is 13.2. The second-order valence-corrected chi connectivity index (χ2v) is 8.86. The number of hydrogen-bond donors (Lipinski definition) is 2. The van der Waals surface area contributed by atoms with Crippen LogP contribution in [0.3, 0.4) is 0 Å². The zero-order valence-electron chi connectivity index (χ0n) is 17.1. The van der Waals surface area contributed by atoms with E-state index in [1.165, 1.54) is 4.57 Å². The number of hydrogen-bond acceptors (Lipinski definition) is 5. The highest BCUT2D eigenvalue weighted by molar-refractivity contribution is 6.43. The normalized spacial score (nSPS) is 21.1. The van der Waals surface area contributed by atoms with Crippen molar-refractivity contribution in [2.45, 2.75) is 58.1 Å². The molecule has 1 aromatic carbocycles. The Balaban J connectivity index is 1.97. The number of aliphatic hydroxyl groups is 1. The summed E-state index contributed by atoms with van der Waals surface area (Å²) in [5, 5.41) is 10.5. The van der Waals surface area contributed by atoms with Crippen molar-refractivity contribution in [3.05, 3.63) is 50.0 Å². The van der Waals surface area contributed by atoms with Crippen LogP contribution in [0.1, 0.15) is 44.0 Å². The van der Waals surface area contributed by atoms with Crippen LogP contribution in [0.15, 0.2) is 23.0 Å². The third-order valence-corrected chi connectivity index (χ3v) is 6.42. The Morgan fingerprint density at radius 2 is 2.00 bits per heavy atom. The van der Waals surface area contributed by atoms with Crippen LogP contribution in [0.2, 0.25) is 10.0 Å². The molecule has 1 saturated heterocycles. The molecule has 158 valence electrons. The fourth-order valence-electron chi connectivity index (χ4n) is 4.17. The van der Waals surface area contributed by atoms with Gasteiger partial charge < -0.3 is 15.7 Å². The van der Waals surface area contributed by atoms with E-state index in [1.807, 2.05) is 0 Å². The van der Waals surface area contributed by atoms with Crippen LogP contribution in [0.5, 0.6) is 0 Å². The molecule has 0 aliphatic carbocycles. The lowest BCUT2D eigenvalue weighted by Crippen LogP contribution is -2.43. The fourth-order valence-corrected chi connectivity index (χ4v) is 4.55. The first-order valence-corrected chi connectivity index (χ1v) is 10.6. The molecular formula is C21H28Cl2N4O2. The lowest BCUT2D eigenvalue weighted by Gasteiger charge is -2.30. The summed E-state index contributed by atoms with van der Waals surface area (Å²) in [6, 6.07) is 5.20. The second-order valence-electron chi connectivity index (χ2n) is 8.08. The minimum absolute atomic E-state index is 0.163. The number of nitrogens with zero attached hydrogens (tertiary/aromatic N) is 3. The summed E-state index contributed by atoms with van der Waals surface area (Å²) in [4.78, 5) is 20.1. The third-order valence-electron chi connectivity index (χ3n) is 5.61. The highest BCUT2D eigenvalue weighted by Crippen LogP contribution is 2.30. The average molecular weight is 439 g/mol. The van der Waals surface area contributed by atoms with Crippen molar-refractivity contribution in [3.8, 4) is 5.69 Å². The van der Waals surface area contributed by atoms with Gasteiger partial charge in [-0.1, -0.05) is 29.3 Å². The molecule has 0 saturated carbocycles. The number of halogens is 2. The zero-order valence-corrected chi connectivity index (χ0v) is 18.6. The molecule has 2 heterocycles. The molecule has 0 radical (unpaired) electrons. The number of aliphatic hydroxyl groups excluding tert-OH is 1. The van der Waals surface area contributed by atoms with Crippen LogP contribution in [-0.2, 0) is 0 Å². The fraction of sp³-hybridized carbons (Fsp3) is 0.524. The Kier molecular flexibility index (Phi) is 6.58. The molecule has 1 aliphatic heterocycles. The lowest BCUT2D eigenvalue weighted by atomic mass is 9.86. The van der Waals surface area contributed by atoms with Crippen molar-refractivity contribution in [2.75, 3.05) is 18.0 Å². The van der Waals surface area contributed by atoms with Gasteiger partial charge in [0.25, 0.3) is 5.56 Å². The molecule has 0 spiro atoms. The molecule has 8 heteroatoms. The van der Waals surface area contributed by atoms with Crippen molar-refractivity contribution in [1.82, 2.24) is 9.55 Å². The highest BCUT2D eigenvalue weighted by Gasteiger charge is 2.31. The summed E-state index contributed by atoms with van der Waals surface area (Å²) in [6.07, 6.45) is 2.59. The molecule has 1 fully saturated rings. The predicted molar refractivity (Wildman–Crippen MR) is 119 cm³/mol. The second kappa shape index (κ2) is 8.64. The topological polar surface area (TPSA) is 84.4 Å². The number of aryl methyl sites for hydroxylation is 1. The summed E-state index contributed by atoms with van der Waals surface area (Å²) in [5.74, 6) is 1.23. The Labute approximate surface area is 181 Å². The van der Waals surface area contributed by atoms with Gasteiger partial charge in [-0.2, -0.15) is 0 Å². The molecule has 2 unspecified atom stereocenters. The molecule has 0 bridgehead atoms. The van der Waals surface area contributed by atoms with E-state index in [1.54, 1.807) is 39.0 Å². The van der Waals surface area contributed by atoms with Crippen LogP contribution in [0.25, 0.3) is 5.69 Å². The van der Waals surface area contributed by atoms with E-state index in [0.29, 0.717) is 45.9 Å². The Morgan fingerprint density at radius 1 is 1.28 bits per heavy atom. The van der Waals surface area contributed by atoms with Gasteiger partial charge in [-0.25, -0.2) is 4.98 Å². The molecule has 6 nitrogen and oxygen atoms in total. The van der Waals surface area contributed by atoms with E-state index in [4.69, 9.17) is 33.9 Å². The van der Waals surface area contributed by atoms with Gasteiger partial charge in [0.1, 0.15) is 11.6 Å². The largest absolute Gasteiger partial charge is 0.393 e. The monoisotopic (exact) mass is 438 g/mol. The smallest absolute Gasteiger partial charge is 0.263 e. The molecule has 2 atom stereocenters. The Morgan fingerprint density at radius 3 is 2.69 bits per heavy atom. The maximum Gasteiger partial charge on any atom is 0.263 e. The Bertz CT molecular complexity index is 960. The first-order valence-electron chi connectivity index (χ1n) is 9.89. The molecule has 1 aliphatic rings. The third kappa shape index (κ3) is 4.61. The van der Waals surface area contributed by atoms with E-state index in [9.17, 15) is 9.90 Å². The number of aromatic nitrogens is 2. The van der Waals surface area contributed by atoms with Gasteiger partial charge in [-0.15, -0.1) is 0 Å². The summed E-state index contributed by atoms with van der Waals surface area (Å²) < 4.78 is 1.51. The molecule has 29 heavy (non-hydrogen) atoms. The van der Waals surface area contributed by atoms with Gasteiger partial charge in [0.15, 0.2) is 0 Å². The van der Waals surface area contributed by atoms with Crippen LogP contribution < -0.4 is 16.2 Å². The number of rotatable bonds is 4. The van der Waals surface area contributed by atoms with Crippen LogP contribution in [-0.4, -0.2) is 39.4 Å². The van der Waals surface area contributed by atoms with Gasteiger partial charge in [0.05, 0.1) is 27.4 Å². The van der Waals surface area contributed by atoms with Crippen molar-refractivity contribution in [3.63, 3.8) is 0 Å². The minimum atomic E-state index is -0.431. The number of anilines is 1. The first kappa shape index (κ1) is 22.1. The SMILES string of the molecule is Cc1c(N2CCCC(N)(CC(C)O)CC2)nc(C)n(-c2cccc(Cl)c2Cl)c1=O. The molecule has 1 aromatic heterocycles. The Hall–Kier alpha value is -1.60. The summed E-state index contributed by atoms with van der Waals surface area (Å²) >= 11 is 12.5. The molecular weight excluding hydrogens is 411 g/mol. The standard InChI is InChI=1S/C21H28Cl2N4O2/c1-13(28)12-21(24)8-5-10-26(11-9-21)19-14(2)20(29)27(15(3)25-19)17-7-4-6-16(22)18(17)23/h4,6-7,13,28H,5,8-12,24H2,1-3H3. The maximum absolute atomic E-state index is 13.2. The molecule has 0 amide bonds. The van der Waals surface area contributed by atoms with E-state index in [2.05, 4.69) is 4.90 Å². The van der Waals surface area contributed by atoms with Gasteiger partial charge in [0, 0.05) is 18.6 Å².